The van der Waals surface area contributed by atoms with Gasteiger partial charge in [-0.05, 0) is 64.9 Å². The normalized spacial score (nSPS) is 11.1. The highest BCUT2D eigenvalue weighted by Crippen LogP contribution is 2.33. The summed E-state index contributed by atoms with van der Waals surface area (Å²) in [6.07, 6.45) is 1.85. The molecule has 0 spiro atoms. The number of nitrogens with zero attached hydrogens (tertiary/aromatic N) is 2. The molecular weight excluding hydrogens is 483 g/mol. The first-order valence-electron chi connectivity index (χ1n) is 11.3. The summed E-state index contributed by atoms with van der Waals surface area (Å²) in [5.74, 6) is 0.146. The van der Waals surface area contributed by atoms with Crippen molar-refractivity contribution in [1.29, 1.82) is 0 Å². The van der Waals surface area contributed by atoms with Gasteiger partial charge < -0.3 is 9.84 Å². The Hall–Kier alpha value is -3.28. The molecule has 0 aliphatic rings. The standard InChI is InChI=1S/C28H26Cl2N2O3/c1-17(2)23-15-31-32(28-24(29)5-4-6-25(28)30)26(23)16-35-21-11-12-22(18(3)13-21)20-9-7-19(8-10-20)14-27(33)34/h4-13,15,17H,14,16H2,1-3H3,(H,33,34). The molecule has 3 aromatic carbocycles. The van der Waals surface area contributed by atoms with Gasteiger partial charge in [-0.3, -0.25) is 4.79 Å². The van der Waals surface area contributed by atoms with Crippen LogP contribution < -0.4 is 4.74 Å². The number of ether oxygens (including phenoxy) is 1. The van der Waals surface area contributed by atoms with E-state index in [-0.39, 0.29) is 12.3 Å². The third-order valence-corrected chi connectivity index (χ3v) is 6.48. The quantitative estimate of drug-likeness (QED) is 0.267. The fourth-order valence-electron chi connectivity index (χ4n) is 4.08. The van der Waals surface area contributed by atoms with Crippen LogP contribution in [-0.2, 0) is 17.8 Å². The van der Waals surface area contributed by atoms with Crippen LogP contribution in [0.5, 0.6) is 5.75 Å². The molecule has 1 aromatic heterocycles. The second-order valence-corrected chi connectivity index (χ2v) is 9.53. The Morgan fingerprint density at radius 3 is 2.34 bits per heavy atom. The number of hydrogen-bond acceptors (Lipinski definition) is 3. The predicted octanol–water partition coefficient (Wildman–Crippen LogP) is 7.48. The third-order valence-electron chi connectivity index (χ3n) is 5.87. The number of carbonyl (C=O) groups is 1. The lowest BCUT2D eigenvalue weighted by atomic mass is 9.98. The first-order valence-corrected chi connectivity index (χ1v) is 12.1. The third kappa shape index (κ3) is 5.53. The van der Waals surface area contributed by atoms with Crippen LogP contribution in [0, 0.1) is 6.92 Å². The number of para-hydroxylation sites is 1. The van der Waals surface area contributed by atoms with Gasteiger partial charge in [0, 0.05) is 0 Å². The Morgan fingerprint density at radius 2 is 1.74 bits per heavy atom. The molecule has 0 fully saturated rings. The van der Waals surface area contributed by atoms with Crippen molar-refractivity contribution >= 4 is 29.2 Å². The second kappa shape index (κ2) is 10.5. The van der Waals surface area contributed by atoms with Gasteiger partial charge in [0.15, 0.2) is 0 Å². The molecule has 180 valence electrons. The summed E-state index contributed by atoms with van der Waals surface area (Å²) in [7, 11) is 0. The lowest BCUT2D eigenvalue weighted by Crippen LogP contribution is -2.09. The predicted molar refractivity (Wildman–Crippen MR) is 140 cm³/mol. The number of halogens is 2. The van der Waals surface area contributed by atoms with Crippen molar-refractivity contribution in [2.45, 2.75) is 39.7 Å². The van der Waals surface area contributed by atoms with Crippen LogP contribution in [0.4, 0.5) is 0 Å². The van der Waals surface area contributed by atoms with E-state index in [1.807, 2.05) is 55.6 Å². The van der Waals surface area contributed by atoms with E-state index in [0.717, 1.165) is 39.3 Å². The van der Waals surface area contributed by atoms with Gasteiger partial charge in [-0.25, -0.2) is 4.68 Å². The van der Waals surface area contributed by atoms with Crippen LogP contribution in [0.1, 0.15) is 42.1 Å². The van der Waals surface area contributed by atoms with E-state index in [0.29, 0.717) is 22.3 Å². The minimum Gasteiger partial charge on any atom is -0.487 e. The summed E-state index contributed by atoms with van der Waals surface area (Å²) >= 11 is 12.9. The molecule has 0 aliphatic carbocycles. The van der Waals surface area contributed by atoms with Crippen LogP contribution in [0.15, 0.2) is 66.9 Å². The topological polar surface area (TPSA) is 64.4 Å². The first kappa shape index (κ1) is 24.8. The van der Waals surface area contributed by atoms with Crippen LogP contribution in [0.3, 0.4) is 0 Å². The molecule has 0 radical (unpaired) electrons. The monoisotopic (exact) mass is 508 g/mol. The Balaban J connectivity index is 1.58. The van der Waals surface area contributed by atoms with Gasteiger partial charge in [0.25, 0.3) is 0 Å². The molecular formula is C28H26Cl2N2O3. The molecule has 5 nitrogen and oxygen atoms in total. The summed E-state index contributed by atoms with van der Waals surface area (Å²) in [5.41, 5.74) is 6.52. The Labute approximate surface area is 214 Å². The van der Waals surface area contributed by atoms with E-state index in [9.17, 15) is 4.79 Å². The van der Waals surface area contributed by atoms with Crippen molar-refractivity contribution < 1.29 is 14.6 Å². The molecule has 35 heavy (non-hydrogen) atoms. The molecule has 0 bridgehead atoms. The molecule has 4 aromatic rings. The second-order valence-electron chi connectivity index (χ2n) is 8.72. The molecule has 1 heterocycles. The van der Waals surface area contributed by atoms with Crippen LogP contribution in [0.2, 0.25) is 10.0 Å². The summed E-state index contributed by atoms with van der Waals surface area (Å²) in [6, 6.07) is 18.9. The van der Waals surface area contributed by atoms with Crippen molar-refractivity contribution in [2.24, 2.45) is 0 Å². The number of aromatic nitrogens is 2. The average molecular weight is 509 g/mol. The van der Waals surface area contributed by atoms with E-state index in [1.54, 1.807) is 22.9 Å². The van der Waals surface area contributed by atoms with Gasteiger partial charge in [-0.2, -0.15) is 5.10 Å². The molecule has 0 unspecified atom stereocenters. The Morgan fingerprint density at radius 1 is 1.06 bits per heavy atom. The molecule has 4 rings (SSSR count). The largest absolute Gasteiger partial charge is 0.487 e. The van der Waals surface area contributed by atoms with Gasteiger partial charge in [0.05, 0.1) is 28.4 Å². The minimum atomic E-state index is -0.839. The van der Waals surface area contributed by atoms with Crippen LogP contribution in [0.25, 0.3) is 16.8 Å². The van der Waals surface area contributed by atoms with Crippen molar-refractivity contribution in [3.05, 3.63) is 99.3 Å². The van der Waals surface area contributed by atoms with E-state index in [2.05, 4.69) is 18.9 Å². The summed E-state index contributed by atoms with van der Waals surface area (Å²) in [6.45, 7) is 6.55. The van der Waals surface area contributed by atoms with Gasteiger partial charge in [-0.1, -0.05) is 73.4 Å². The van der Waals surface area contributed by atoms with Crippen LogP contribution in [-0.4, -0.2) is 20.9 Å². The molecule has 7 heteroatoms. The van der Waals surface area contributed by atoms with Gasteiger partial charge in [0.2, 0.25) is 0 Å². The number of hydrogen-bond donors (Lipinski definition) is 1. The highest BCUT2D eigenvalue weighted by Gasteiger charge is 2.19. The number of carboxylic acids is 1. The van der Waals surface area contributed by atoms with E-state index >= 15 is 0 Å². The summed E-state index contributed by atoms with van der Waals surface area (Å²) in [5, 5.41) is 14.6. The zero-order valence-electron chi connectivity index (χ0n) is 19.8. The fraction of sp³-hybridized carbons (Fsp3) is 0.214. The van der Waals surface area contributed by atoms with Crippen molar-refractivity contribution in [1.82, 2.24) is 9.78 Å². The highest BCUT2D eigenvalue weighted by atomic mass is 35.5. The molecule has 0 saturated heterocycles. The van der Waals surface area contributed by atoms with Crippen LogP contribution >= 0.6 is 23.2 Å². The lowest BCUT2D eigenvalue weighted by molar-refractivity contribution is -0.136. The number of rotatable bonds is 8. The number of benzene rings is 3. The van der Waals surface area contributed by atoms with Gasteiger partial charge in [-0.15, -0.1) is 0 Å². The average Bonchev–Trinajstić information content (AvgIpc) is 3.22. The number of carboxylic acid groups (broad SMARTS) is 1. The minimum absolute atomic E-state index is 0.0143. The van der Waals surface area contributed by atoms with E-state index in [1.165, 1.54) is 0 Å². The van der Waals surface area contributed by atoms with Crippen molar-refractivity contribution in [3.63, 3.8) is 0 Å². The van der Waals surface area contributed by atoms with Gasteiger partial charge >= 0.3 is 5.97 Å². The highest BCUT2D eigenvalue weighted by molar-refractivity contribution is 6.37. The van der Waals surface area contributed by atoms with Gasteiger partial charge in [0.1, 0.15) is 18.0 Å². The molecule has 0 saturated carbocycles. The lowest BCUT2D eigenvalue weighted by Gasteiger charge is -2.15. The maximum absolute atomic E-state index is 10.9. The van der Waals surface area contributed by atoms with Crippen molar-refractivity contribution in [3.8, 4) is 22.6 Å². The fourth-order valence-corrected chi connectivity index (χ4v) is 4.63. The Kier molecular flexibility index (Phi) is 7.48. The molecule has 0 atom stereocenters. The maximum atomic E-state index is 10.9. The van der Waals surface area contributed by atoms with E-state index < -0.39 is 5.97 Å². The summed E-state index contributed by atoms with van der Waals surface area (Å²) in [4.78, 5) is 10.9. The van der Waals surface area contributed by atoms with Crippen molar-refractivity contribution in [2.75, 3.05) is 0 Å². The van der Waals surface area contributed by atoms with E-state index in [4.69, 9.17) is 33.0 Å². The summed E-state index contributed by atoms with van der Waals surface area (Å²) < 4.78 is 7.97. The molecule has 0 amide bonds. The zero-order chi connectivity index (χ0) is 25.1. The first-order chi connectivity index (χ1) is 16.7. The zero-order valence-corrected chi connectivity index (χ0v) is 21.3. The smallest absolute Gasteiger partial charge is 0.307 e. The molecule has 0 aliphatic heterocycles. The SMILES string of the molecule is Cc1cc(OCc2c(C(C)C)cnn2-c2c(Cl)cccc2Cl)ccc1-c1ccc(CC(=O)O)cc1. The molecule has 1 N–H and O–H groups in total. The number of aliphatic carboxylic acids is 1. The maximum Gasteiger partial charge on any atom is 0.307 e. The number of aryl methyl sites for hydroxylation is 1. The Bertz CT molecular complexity index is 1340.